The topological polar surface area (TPSA) is 62.7 Å². The van der Waals surface area contributed by atoms with Crippen LogP contribution in [0.2, 0.25) is 0 Å². The minimum atomic E-state index is -0.971. The van der Waals surface area contributed by atoms with Gasteiger partial charge in [0.2, 0.25) is 0 Å². The highest BCUT2D eigenvalue weighted by Crippen LogP contribution is 2.32. The maximum Gasteiger partial charge on any atom is 0.410 e. The van der Waals surface area contributed by atoms with E-state index in [-0.39, 0.29) is 12.8 Å². The fourth-order valence-electron chi connectivity index (χ4n) is 3.35. The number of aromatic nitrogens is 1. The van der Waals surface area contributed by atoms with E-state index in [0.29, 0.717) is 18.5 Å². The number of carbonyl (C=O) groups excluding carboxylic acids is 1. The fourth-order valence-corrected chi connectivity index (χ4v) is 4.06. The Balaban J connectivity index is 1.78. The number of carbonyl (C=O) groups is 1. The number of hydrogen-bond acceptors (Lipinski definition) is 5. The zero-order valence-electron chi connectivity index (χ0n) is 15.3. The van der Waals surface area contributed by atoms with Crippen molar-refractivity contribution in [3.05, 3.63) is 29.3 Å². The van der Waals surface area contributed by atoms with Crippen LogP contribution in [0, 0.1) is 0 Å². The van der Waals surface area contributed by atoms with E-state index in [1.165, 1.54) is 11.3 Å². The molecule has 1 aromatic heterocycles. The molecule has 5 nitrogen and oxygen atoms in total. The summed E-state index contributed by atoms with van der Waals surface area (Å²) in [6.45, 7) is 5.72. The summed E-state index contributed by atoms with van der Waals surface area (Å²) in [6.07, 6.45) is -1.47. The standard InChI is InChI=1S/C19H25FN2O3S/c1-19(2,3)25-18(24)22-8-7-12(20)9-13(22)10-15(23)14-5-4-6-16-17(14)21-11-26-16/h4-6,11-13,15,23H,7-10H2,1-3H3/t12-,13+,15-/m1/s1. The molecule has 0 saturated carbocycles. The molecule has 0 aliphatic carbocycles. The fraction of sp³-hybridized carbons (Fsp3) is 0.579. The molecule has 1 fully saturated rings. The van der Waals surface area contributed by atoms with Crippen molar-refractivity contribution in [3.63, 3.8) is 0 Å². The molecule has 3 rings (SSSR count). The Morgan fingerprint density at radius 1 is 1.50 bits per heavy atom. The molecule has 1 N–H and O–H groups in total. The van der Waals surface area contributed by atoms with E-state index in [1.54, 1.807) is 31.2 Å². The predicted octanol–water partition coefficient (Wildman–Crippen LogP) is 4.46. The summed E-state index contributed by atoms with van der Waals surface area (Å²) in [5.41, 5.74) is 2.61. The number of amides is 1. The summed E-state index contributed by atoms with van der Waals surface area (Å²) in [7, 11) is 0. The molecule has 1 aromatic carbocycles. The minimum absolute atomic E-state index is 0.212. The molecule has 1 amide bonds. The van der Waals surface area contributed by atoms with Crippen LogP contribution in [-0.4, -0.2) is 45.4 Å². The second-order valence-electron chi connectivity index (χ2n) is 7.75. The molecule has 7 heteroatoms. The molecule has 26 heavy (non-hydrogen) atoms. The second kappa shape index (κ2) is 7.48. The number of ether oxygens (including phenoxy) is 1. The van der Waals surface area contributed by atoms with E-state index in [0.717, 1.165) is 10.2 Å². The van der Waals surface area contributed by atoms with Gasteiger partial charge >= 0.3 is 6.09 Å². The number of hydrogen-bond donors (Lipinski definition) is 1. The molecule has 1 aliphatic heterocycles. The van der Waals surface area contributed by atoms with E-state index in [1.807, 2.05) is 18.2 Å². The molecular formula is C19H25FN2O3S. The Hall–Kier alpha value is -1.73. The first-order valence-corrected chi connectivity index (χ1v) is 9.76. The monoisotopic (exact) mass is 380 g/mol. The number of piperidine rings is 1. The van der Waals surface area contributed by atoms with Gasteiger partial charge in [0.05, 0.1) is 21.8 Å². The third-order valence-corrected chi connectivity index (χ3v) is 5.32. The van der Waals surface area contributed by atoms with Gasteiger partial charge in [-0.1, -0.05) is 12.1 Å². The van der Waals surface area contributed by atoms with Gasteiger partial charge in [0.1, 0.15) is 11.8 Å². The van der Waals surface area contributed by atoms with Gasteiger partial charge in [-0.25, -0.2) is 14.2 Å². The van der Waals surface area contributed by atoms with E-state index in [9.17, 15) is 14.3 Å². The zero-order valence-corrected chi connectivity index (χ0v) is 16.1. The SMILES string of the molecule is CC(C)(C)OC(=O)N1CC[C@@H](F)C[C@H]1C[C@@H](O)c1cccc2scnc12. The number of aliphatic hydroxyl groups is 1. The summed E-state index contributed by atoms with van der Waals surface area (Å²) in [5.74, 6) is 0. The van der Waals surface area contributed by atoms with Gasteiger partial charge in [-0.05, 0) is 46.1 Å². The summed E-state index contributed by atoms with van der Waals surface area (Å²) in [4.78, 5) is 18.4. The van der Waals surface area contributed by atoms with Crippen molar-refractivity contribution in [1.29, 1.82) is 0 Å². The average molecular weight is 380 g/mol. The summed E-state index contributed by atoms with van der Waals surface area (Å²) in [6, 6.07) is 5.26. The number of thiazole rings is 1. The van der Waals surface area contributed by atoms with Gasteiger partial charge in [0.25, 0.3) is 0 Å². The Kier molecular flexibility index (Phi) is 5.48. The average Bonchev–Trinajstić information content (AvgIpc) is 3.01. The van der Waals surface area contributed by atoms with Crippen LogP contribution < -0.4 is 0 Å². The van der Waals surface area contributed by atoms with Crippen molar-refractivity contribution >= 4 is 27.6 Å². The van der Waals surface area contributed by atoms with Crippen LogP contribution in [0.15, 0.2) is 23.7 Å². The molecule has 0 bridgehead atoms. The molecule has 1 saturated heterocycles. The molecule has 2 aromatic rings. The van der Waals surface area contributed by atoms with Gasteiger partial charge in [-0.15, -0.1) is 11.3 Å². The van der Waals surface area contributed by atoms with E-state index in [4.69, 9.17) is 4.74 Å². The normalized spacial score (nSPS) is 22.4. The lowest BCUT2D eigenvalue weighted by atomic mass is 9.93. The molecule has 2 heterocycles. The molecule has 0 unspecified atom stereocenters. The van der Waals surface area contributed by atoms with Gasteiger partial charge in [0, 0.05) is 18.2 Å². The highest BCUT2D eigenvalue weighted by molar-refractivity contribution is 7.16. The Labute approximate surface area is 156 Å². The molecular weight excluding hydrogens is 355 g/mol. The Morgan fingerprint density at radius 3 is 3.00 bits per heavy atom. The van der Waals surface area contributed by atoms with Crippen LogP contribution in [0.25, 0.3) is 10.2 Å². The number of aliphatic hydroxyl groups excluding tert-OH is 1. The van der Waals surface area contributed by atoms with E-state index < -0.39 is 30.0 Å². The first-order valence-electron chi connectivity index (χ1n) is 8.88. The quantitative estimate of drug-likeness (QED) is 0.854. The number of nitrogens with zero attached hydrogens (tertiary/aromatic N) is 2. The number of fused-ring (bicyclic) bond motifs is 1. The van der Waals surface area contributed by atoms with Crippen molar-refractivity contribution in [2.45, 2.75) is 64.0 Å². The largest absolute Gasteiger partial charge is 0.444 e. The van der Waals surface area contributed by atoms with Crippen molar-refractivity contribution in [2.24, 2.45) is 0 Å². The lowest BCUT2D eigenvalue weighted by Crippen LogP contribution is -2.49. The number of alkyl halides is 1. The predicted molar refractivity (Wildman–Crippen MR) is 100 cm³/mol. The lowest BCUT2D eigenvalue weighted by Gasteiger charge is -2.38. The maximum absolute atomic E-state index is 14.0. The van der Waals surface area contributed by atoms with Crippen LogP contribution in [0.3, 0.4) is 0 Å². The minimum Gasteiger partial charge on any atom is -0.444 e. The molecule has 3 atom stereocenters. The van der Waals surface area contributed by atoms with Gasteiger partial charge in [-0.2, -0.15) is 0 Å². The number of likely N-dealkylation sites (tertiary alicyclic amines) is 1. The molecule has 0 radical (unpaired) electrons. The maximum atomic E-state index is 14.0. The number of halogens is 1. The van der Waals surface area contributed by atoms with Crippen molar-refractivity contribution < 1.29 is 19.0 Å². The highest BCUT2D eigenvalue weighted by Gasteiger charge is 2.35. The zero-order chi connectivity index (χ0) is 18.9. The first-order chi connectivity index (χ1) is 12.2. The summed E-state index contributed by atoms with van der Waals surface area (Å²) < 4.78 is 20.5. The second-order valence-corrected chi connectivity index (χ2v) is 8.63. The molecule has 1 aliphatic rings. The summed E-state index contributed by atoms with van der Waals surface area (Å²) >= 11 is 1.51. The summed E-state index contributed by atoms with van der Waals surface area (Å²) in [5, 5.41) is 10.8. The van der Waals surface area contributed by atoms with Gasteiger partial charge in [-0.3, -0.25) is 0 Å². The van der Waals surface area contributed by atoms with Crippen LogP contribution in [0.5, 0.6) is 0 Å². The third-order valence-electron chi connectivity index (χ3n) is 4.53. The first kappa shape index (κ1) is 19.0. The number of para-hydroxylation sites is 1. The Morgan fingerprint density at radius 2 is 2.27 bits per heavy atom. The van der Waals surface area contributed by atoms with Gasteiger partial charge in [0.15, 0.2) is 0 Å². The van der Waals surface area contributed by atoms with Crippen molar-refractivity contribution in [2.75, 3.05) is 6.54 Å². The highest BCUT2D eigenvalue weighted by atomic mass is 32.1. The van der Waals surface area contributed by atoms with Crippen LogP contribution in [0.4, 0.5) is 9.18 Å². The van der Waals surface area contributed by atoms with Crippen molar-refractivity contribution in [1.82, 2.24) is 9.88 Å². The van der Waals surface area contributed by atoms with E-state index in [2.05, 4.69) is 4.98 Å². The van der Waals surface area contributed by atoms with E-state index >= 15 is 0 Å². The van der Waals surface area contributed by atoms with Crippen LogP contribution in [-0.2, 0) is 4.74 Å². The third kappa shape index (κ3) is 4.32. The van der Waals surface area contributed by atoms with Crippen LogP contribution in [0.1, 0.15) is 51.7 Å². The smallest absolute Gasteiger partial charge is 0.410 e. The molecule has 0 spiro atoms. The van der Waals surface area contributed by atoms with Crippen molar-refractivity contribution in [3.8, 4) is 0 Å². The Bertz CT molecular complexity index is 773. The van der Waals surface area contributed by atoms with Crippen LogP contribution >= 0.6 is 11.3 Å². The lowest BCUT2D eigenvalue weighted by molar-refractivity contribution is -0.00657. The number of rotatable bonds is 3. The molecule has 142 valence electrons. The number of benzene rings is 1. The van der Waals surface area contributed by atoms with Gasteiger partial charge < -0.3 is 14.7 Å².